The van der Waals surface area contributed by atoms with Gasteiger partial charge in [-0.25, -0.2) is 0 Å². The highest BCUT2D eigenvalue weighted by Gasteiger charge is 2.31. The molecular weight excluding hydrogens is 250 g/mol. The van der Waals surface area contributed by atoms with E-state index in [2.05, 4.69) is 36.0 Å². The monoisotopic (exact) mass is 271 g/mol. The fraction of sp³-hybridized carbons (Fsp3) is 0.500. The van der Waals surface area contributed by atoms with Gasteiger partial charge in [0, 0.05) is 18.4 Å². The number of hydrogen-bond acceptors (Lipinski definition) is 3. The van der Waals surface area contributed by atoms with E-state index in [1.807, 2.05) is 0 Å². The third-order valence-corrected chi connectivity index (χ3v) is 4.17. The van der Waals surface area contributed by atoms with Gasteiger partial charge in [0.25, 0.3) is 5.91 Å². The van der Waals surface area contributed by atoms with Gasteiger partial charge in [0.05, 0.1) is 17.7 Å². The number of nitrogens with one attached hydrogen (secondary N) is 1. The third kappa shape index (κ3) is 3.17. The van der Waals surface area contributed by atoms with Crippen LogP contribution in [0.3, 0.4) is 0 Å². The fourth-order valence-corrected chi connectivity index (χ4v) is 2.65. The van der Waals surface area contributed by atoms with Crippen molar-refractivity contribution >= 4 is 5.91 Å². The van der Waals surface area contributed by atoms with E-state index in [1.54, 1.807) is 18.5 Å². The van der Waals surface area contributed by atoms with Crippen molar-refractivity contribution in [3.05, 3.63) is 29.6 Å². The molecule has 0 saturated heterocycles. The molecule has 1 aromatic heterocycles. The molecule has 1 heterocycles. The Balaban J connectivity index is 2.13. The van der Waals surface area contributed by atoms with Gasteiger partial charge in [-0.15, -0.1) is 0 Å². The first-order chi connectivity index (χ1) is 9.63. The van der Waals surface area contributed by atoms with Crippen LogP contribution in [0.2, 0.25) is 0 Å². The SMILES string of the molecule is CC1CCC(NC(=O)c2ccncc2C#CCN)C1C. The summed E-state index contributed by atoms with van der Waals surface area (Å²) in [7, 11) is 0. The fourth-order valence-electron chi connectivity index (χ4n) is 2.65. The van der Waals surface area contributed by atoms with Crippen molar-refractivity contribution in [2.75, 3.05) is 6.54 Å². The summed E-state index contributed by atoms with van der Waals surface area (Å²) in [6, 6.07) is 1.96. The number of aromatic nitrogens is 1. The van der Waals surface area contributed by atoms with Crippen LogP contribution < -0.4 is 11.1 Å². The molecule has 1 aromatic rings. The van der Waals surface area contributed by atoms with Crippen molar-refractivity contribution in [1.29, 1.82) is 0 Å². The first-order valence-electron chi connectivity index (χ1n) is 7.07. The van der Waals surface area contributed by atoms with Crippen LogP contribution in [0, 0.1) is 23.7 Å². The topological polar surface area (TPSA) is 68.0 Å². The molecule has 3 atom stereocenters. The number of amides is 1. The van der Waals surface area contributed by atoms with Gasteiger partial charge in [0.2, 0.25) is 0 Å². The Morgan fingerprint density at radius 3 is 2.95 bits per heavy atom. The predicted octanol–water partition coefficient (Wildman–Crippen LogP) is 1.56. The largest absolute Gasteiger partial charge is 0.349 e. The van der Waals surface area contributed by atoms with Crippen LogP contribution in [0.5, 0.6) is 0 Å². The van der Waals surface area contributed by atoms with Crippen molar-refractivity contribution < 1.29 is 4.79 Å². The van der Waals surface area contributed by atoms with Crippen LogP contribution in [0.15, 0.2) is 18.5 Å². The van der Waals surface area contributed by atoms with Crippen molar-refractivity contribution in [3.63, 3.8) is 0 Å². The van der Waals surface area contributed by atoms with Crippen molar-refractivity contribution in [2.24, 2.45) is 17.6 Å². The third-order valence-electron chi connectivity index (χ3n) is 4.17. The van der Waals surface area contributed by atoms with Crippen LogP contribution in [-0.4, -0.2) is 23.5 Å². The van der Waals surface area contributed by atoms with Crippen molar-refractivity contribution in [1.82, 2.24) is 10.3 Å². The number of hydrogen-bond donors (Lipinski definition) is 2. The quantitative estimate of drug-likeness (QED) is 0.802. The molecule has 0 bridgehead atoms. The van der Waals surface area contributed by atoms with E-state index >= 15 is 0 Å². The van der Waals surface area contributed by atoms with Crippen LogP contribution in [0.1, 0.15) is 42.6 Å². The minimum absolute atomic E-state index is 0.0697. The van der Waals surface area contributed by atoms with Crippen molar-refractivity contribution in [2.45, 2.75) is 32.7 Å². The summed E-state index contributed by atoms with van der Waals surface area (Å²) < 4.78 is 0. The van der Waals surface area contributed by atoms with Gasteiger partial charge in [-0.05, 0) is 30.7 Å². The summed E-state index contributed by atoms with van der Waals surface area (Å²) in [5.41, 5.74) is 6.58. The second-order valence-electron chi connectivity index (χ2n) is 5.42. The maximum atomic E-state index is 12.4. The number of carbonyl (C=O) groups is 1. The zero-order valence-electron chi connectivity index (χ0n) is 12.0. The van der Waals surface area contributed by atoms with E-state index in [1.165, 1.54) is 6.42 Å². The first-order valence-corrected chi connectivity index (χ1v) is 7.07. The second kappa shape index (κ2) is 6.53. The summed E-state index contributed by atoms with van der Waals surface area (Å²) in [6.45, 7) is 4.71. The molecule has 0 aliphatic heterocycles. The number of nitrogens with zero attached hydrogens (tertiary/aromatic N) is 1. The highest BCUT2D eigenvalue weighted by Crippen LogP contribution is 2.31. The Morgan fingerprint density at radius 2 is 2.30 bits per heavy atom. The molecule has 1 saturated carbocycles. The van der Waals surface area contributed by atoms with Crippen LogP contribution in [0.25, 0.3) is 0 Å². The van der Waals surface area contributed by atoms with E-state index in [0.717, 1.165) is 6.42 Å². The van der Waals surface area contributed by atoms with E-state index in [9.17, 15) is 4.79 Å². The molecule has 3 unspecified atom stereocenters. The number of carbonyl (C=O) groups excluding carboxylic acids is 1. The predicted molar refractivity (Wildman–Crippen MR) is 79.0 cm³/mol. The normalized spacial score (nSPS) is 24.9. The molecule has 2 rings (SSSR count). The highest BCUT2D eigenvalue weighted by atomic mass is 16.1. The van der Waals surface area contributed by atoms with Crippen LogP contribution in [0.4, 0.5) is 0 Å². The Labute approximate surface area is 120 Å². The summed E-state index contributed by atoms with van der Waals surface area (Å²) in [5.74, 6) is 6.77. The lowest BCUT2D eigenvalue weighted by molar-refractivity contribution is 0.0927. The van der Waals surface area contributed by atoms with Gasteiger partial charge in [0.1, 0.15) is 0 Å². The van der Waals surface area contributed by atoms with Gasteiger partial charge in [-0.2, -0.15) is 0 Å². The van der Waals surface area contributed by atoms with E-state index < -0.39 is 0 Å². The standard InChI is InChI=1S/C16H21N3O/c1-11-5-6-15(12(11)2)19-16(20)14-7-9-18-10-13(14)4-3-8-17/h7,9-12,15H,5-6,8,17H2,1-2H3,(H,19,20). The highest BCUT2D eigenvalue weighted by molar-refractivity contribution is 5.96. The van der Waals surface area contributed by atoms with Gasteiger partial charge in [-0.1, -0.05) is 25.7 Å². The zero-order chi connectivity index (χ0) is 14.5. The Hall–Kier alpha value is -1.86. The molecule has 106 valence electrons. The Bertz CT molecular complexity index is 544. The lowest BCUT2D eigenvalue weighted by Gasteiger charge is -2.20. The smallest absolute Gasteiger partial charge is 0.252 e. The van der Waals surface area contributed by atoms with Gasteiger partial charge in [-0.3, -0.25) is 9.78 Å². The van der Waals surface area contributed by atoms with Crippen molar-refractivity contribution in [3.8, 4) is 11.8 Å². The summed E-state index contributed by atoms with van der Waals surface area (Å²) in [6.07, 6.45) is 5.44. The Kier molecular flexibility index (Phi) is 4.75. The molecule has 20 heavy (non-hydrogen) atoms. The first kappa shape index (κ1) is 14.5. The molecule has 0 aromatic carbocycles. The molecule has 1 aliphatic carbocycles. The summed E-state index contributed by atoms with van der Waals surface area (Å²) in [4.78, 5) is 16.4. The molecule has 4 heteroatoms. The molecule has 3 N–H and O–H groups in total. The molecule has 0 spiro atoms. The van der Waals surface area contributed by atoms with E-state index in [4.69, 9.17) is 5.73 Å². The molecule has 1 amide bonds. The molecule has 1 fully saturated rings. The number of rotatable bonds is 2. The summed E-state index contributed by atoms with van der Waals surface area (Å²) in [5, 5.41) is 3.13. The lowest BCUT2D eigenvalue weighted by atomic mass is 9.97. The van der Waals surface area contributed by atoms with Gasteiger partial charge >= 0.3 is 0 Å². The Morgan fingerprint density at radius 1 is 1.50 bits per heavy atom. The molecule has 4 nitrogen and oxygen atoms in total. The zero-order valence-corrected chi connectivity index (χ0v) is 12.0. The number of pyridine rings is 1. The van der Waals surface area contributed by atoms with Gasteiger partial charge in [0.15, 0.2) is 0 Å². The number of nitrogens with two attached hydrogens (primary N) is 1. The minimum Gasteiger partial charge on any atom is -0.349 e. The molecular formula is C16H21N3O. The van der Waals surface area contributed by atoms with Crippen LogP contribution in [-0.2, 0) is 0 Å². The summed E-state index contributed by atoms with van der Waals surface area (Å²) >= 11 is 0. The maximum Gasteiger partial charge on any atom is 0.252 e. The second-order valence-corrected chi connectivity index (χ2v) is 5.42. The molecule has 0 radical (unpaired) electrons. The minimum atomic E-state index is -0.0697. The van der Waals surface area contributed by atoms with E-state index in [0.29, 0.717) is 23.0 Å². The maximum absolute atomic E-state index is 12.4. The van der Waals surface area contributed by atoms with E-state index in [-0.39, 0.29) is 18.5 Å². The average Bonchev–Trinajstić information content (AvgIpc) is 2.77. The van der Waals surface area contributed by atoms with Crippen LogP contribution >= 0.6 is 0 Å². The lowest BCUT2D eigenvalue weighted by Crippen LogP contribution is -2.37. The average molecular weight is 271 g/mol. The van der Waals surface area contributed by atoms with Gasteiger partial charge < -0.3 is 11.1 Å². The molecule has 1 aliphatic rings.